The number of ether oxygens (including phenoxy) is 4. The van der Waals surface area contributed by atoms with Crippen LogP contribution in [0.25, 0.3) is 5.69 Å². The maximum atomic E-state index is 14.6. The average Bonchev–Trinajstić information content (AvgIpc) is 3.94. The summed E-state index contributed by atoms with van der Waals surface area (Å²) in [6.45, 7) is 1.93. The van der Waals surface area contributed by atoms with E-state index in [1.165, 1.54) is 75.6 Å². The van der Waals surface area contributed by atoms with Crippen molar-refractivity contribution in [3.05, 3.63) is 148 Å². The van der Waals surface area contributed by atoms with Crippen LogP contribution in [0.2, 0.25) is 0 Å². The van der Waals surface area contributed by atoms with E-state index in [1.54, 1.807) is 25.1 Å². The van der Waals surface area contributed by atoms with Crippen molar-refractivity contribution in [3.63, 3.8) is 0 Å². The zero-order valence-corrected chi connectivity index (χ0v) is 36.8. The summed E-state index contributed by atoms with van der Waals surface area (Å²) >= 11 is 0. The highest BCUT2D eigenvalue weighted by Gasteiger charge is 2.41. The molecule has 4 N–H and O–H groups in total. The maximum absolute atomic E-state index is 14.6. The SMILES string of the molecule is CCO.COC(OC)C(=O)C1CCC(Cc2cccc(F)c2)C1=O.COC(OC)c1nn(-c2ccc(F)cc2F)c2c1CCC2Cc1cccc(F)c1.Cl.NNc1ccc(F)cc1F. The van der Waals surface area contributed by atoms with Crippen molar-refractivity contribution in [2.75, 3.05) is 40.5 Å². The Hall–Kier alpha value is -5.14. The smallest absolute Gasteiger partial charge is 0.218 e. The largest absolute Gasteiger partial charge is 0.397 e. The number of halogens is 7. The third-order valence-corrected chi connectivity index (χ3v) is 10.4. The molecule has 0 saturated heterocycles. The molecule has 0 bridgehead atoms. The number of hydrogen-bond acceptors (Lipinski definition) is 10. The topological polar surface area (TPSA) is 147 Å². The van der Waals surface area contributed by atoms with Crippen molar-refractivity contribution in [3.8, 4) is 5.69 Å². The molecule has 348 valence electrons. The highest BCUT2D eigenvalue weighted by Crippen LogP contribution is 2.41. The number of Topliss-reactive ketones (excluding diaryl/α,β-unsaturated/α-hetero) is 2. The molecule has 3 atom stereocenters. The Morgan fingerprint density at radius 1 is 0.766 bits per heavy atom. The molecule has 0 aliphatic heterocycles. The number of carbonyl (C=O) groups is 2. The van der Waals surface area contributed by atoms with E-state index in [4.69, 9.17) is 29.9 Å². The number of fused-ring (bicyclic) bond motifs is 1. The van der Waals surface area contributed by atoms with E-state index in [0.29, 0.717) is 31.4 Å². The summed E-state index contributed by atoms with van der Waals surface area (Å²) in [5, 5.41) is 12.1. The predicted molar refractivity (Wildman–Crippen MR) is 230 cm³/mol. The number of hydrogen-bond donors (Lipinski definition) is 3. The summed E-state index contributed by atoms with van der Waals surface area (Å²) < 4.78 is 102. The summed E-state index contributed by atoms with van der Waals surface area (Å²) in [5.41, 5.74) is 6.29. The first-order chi connectivity index (χ1) is 30.2. The van der Waals surface area contributed by atoms with Gasteiger partial charge in [-0.2, -0.15) is 5.10 Å². The number of carbonyl (C=O) groups excluding carboxylic acids is 2. The average molecular weight is 923 g/mol. The number of nitrogens with zero attached hydrogens (tertiary/aromatic N) is 2. The van der Waals surface area contributed by atoms with Crippen LogP contribution in [0.3, 0.4) is 0 Å². The number of nitrogens with two attached hydrogens (primary N) is 1. The zero-order chi connectivity index (χ0) is 46.2. The molecule has 0 amide bonds. The van der Waals surface area contributed by atoms with Gasteiger partial charge in [-0.25, -0.2) is 31.0 Å². The lowest BCUT2D eigenvalue weighted by Gasteiger charge is -2.16. The molecule has 0 spiro atoms. The monoisotopic (exact) mass is 922 g/mol. The lowest BCUT2D eigenvalue weighted by Crippen LogP contribution is -2.34. The summed E-state index contributed by atoms with van der Waals surface area (Å²) in [4.78, 5) is 24.5. The van der Waals surface area contributed by atoms with Gasteiger partial charge in [0.15, 0.2) is 17.4 Å². The van der Waals surface area contributed by atoms with Crippen LogP contribution in [0, 0.1) is 46.7 Å². The first-order valence-electron chi connectivity index (χ1n) is 20.0. The van der Waals surface area contributed by atoms with E-state index in [1.807, 2.05) is 6.07 Å². The number of nitrogen functional groups attached to an aromatic ring is 1. The summed E-state index contributed by atoms with van der Waals surface area (Å²) in [6, 6.07) is 19.2. The molecule has 18 heteroatoms. The van der Waals surface area contributed by atoms with Crippen molar-refractivity contribution in [1.29, 1.82) is 0 Å². The Morgan fingerprint density at radius 2 is 1.30 bits per heavy atom. The number of aromatic nitrogens is 2. The van der Waals surface area contributed by atoms with E-state index in [2.05, 4.69) is 10.5 Å². The van der Waals surface area contributed by atoms with Crippen LogP contribution in [-0.2, 0) is 47.8 Å². The van der Waals surface area contributed by atoms with Gasteiger partial charge in [-0.3, -0.25) is 15.4 Å². The van der Waals surface area contributed by atoms with E-state index in [-0.39, 0.29) is 65.4 Å². The standard InChI is InChI=1S/C22H21F3N2O2.C16H19FO4.C6H6F2N2.C2H6O.ClH/c1-28-22(29-2)20-17-8-6-14(10-13-4-3-5-15(23)11-13)21(17)27(26-20)19-9-7-16(24)12-18(19)25;1-20-16(21-2)15(19)13-7-6-11(14(13)18)8-10-4-3-5-12(17)9-10;7-4-1-2-6(10-9)5(8)3-4;1-2-3;/h3-5,7,9,11-12,14,22H,6,8,10H2,1-2H3;3-5,9,11,13,16H,6-8H2,1-2H3;1-3,10H,9H2;3H,2H2,1H3;1H. The Morgan fingerprint density at radius 3 is 1.80 bits per heavy atom. The molecule has 0 radical (unpaired) electrons. The number of anilines is 1. The second-order valence-electron chi connectivity index (χ2n) is 14.5. The summed E-state index contributed by atoms with van der Waals surface area (Å²) in [7, 11) is 5.76. The minimum atomic E-state index is -0.994. The minimum absolute atomic E-state index is 0. The van der Waals surface area contributed by atoms with Gasteiger partial charge >= 0.3 is 0 Å². The van der Waals surface area contributed by atoms with Gasteiger partial charge in [-0.1, -0.05) is 24.3 Å². The van der Waals surface area contributed by atoms with Crippen molar-refractivity contribution < 1.29 is 60.0 Å². The van der Waals surface area contributed by atoms with Gasteiger partial charge < -0.3 is 29.5 Å². The van der Waals surface area contributed by atoms with Crippen LogP contribution >= 0.6 is 12.4 Å². The Bertz CT molecular complexity index is 2280. The van der Waals surface area contributed by atoms with Gasteiger partial charge in [0.25, 0.3) is 0 Å². The van der Waals surface area contributed by atoms with Gasteiger partial charge in [0.1, 0.15) is 40.4 Å². The predicted octanol–water partition coefficient (Wildman–Crippen LogP) is 8.68. The van der Waals surface area contributed by atoms with Crippen LogP contribution < -0.4 is 11.3 Å². The molecule has 1 saturated carbocycles. The van der Waals surface area contributed by atoms with Crippen molar-refractivity contribution in [2.45, 2.75) is 63.9 Å². The number of methoxy groups -OCH3 is 4. The minimum Gasteiger partial charge on any atom is -0.397 e. The van der Waals surface area contributed by atoms with Gasteiger partial charge in [0.05, 0.1) is 17.3 Å². The normalized spacial score (nSPS) is 16.2. The first-order valence-corrected chi connectivity index (χ1v) is 20.0. The Balaban J connectivity index is 0.000000271. The van der Waals surface area contributed by atoms with Crippen molar-refractivity contribution >= 4 is 29.7 Å². The van der Waals surface area contributed by atoms with Crippen LogP contribution in [0.5, 0.6) is 0 Å². The summed E-state index contributed by atoms with van der Waals surface area (Å²) in [6.07, 6.45) is 2.02. The number of benzene rings is 4. The number of nitrogens with one attached hydrogen (secondary N) is 1. The molecule has 1 heterocycles. The van der Waals surface area contributed by atoms with Gasteiger partial charge in [-0.05, 0) is 105 Å². The molecule has 2 aliphatic rings. The van der Waals surface area contributed by atoms with E-state index in [9.17, 15) is 35.9 Å². The van der Waals surface area contributed by atoms with Gasteiger partial charge in [-0.15, -0.1) is 12.4 Å². The molecule has 3 unspecified atom stereocenters. The zero-order valence-electron chi connectivity index (χ0n) is 36.0. The van der Waals surface area contributed by atoms with E-state index >= 15 is 0 Å². The van der Waals surface area contributed by atoms with E-state index < -0.39 is 41.8 Å². The summed E-state index contributed by atoms with van der Waals surface area (Å²) in [5.74, 6) is 0.287. The second-order valence-corrected chi connectivity index (χ2v) is 14.5. The molecule has 2 aliphatic carbocycles. The van der Waals surface area contributed by atoms with Crippen LogP contribution in [-0.4, -0.2) is 67.8 Å². The Kier molecular flexibility index (Phi) is 21.6. The highest BCUT2D eigenvalue weighted by molar-refractivity contribution is 6.06. The number of hydrazine groups is 1. The third-order valence-electron chi connectivity index (χ3n) is 10.4. The lowest BCUT2D eigenvalue weighted by molar-refractivity contribution is -0.162. The number of ketones is 2. The molecule has 1 fully saturated rings. The molecule has 11 nitrogen and oxygen atoms in total. The highest BCUT2D eigenvalue weighted by atomic mass is 35.5. The Labute approximate surface area is 374 Å². The number of rotatable bonds is 13. The number of aliphatic hydroxyl groups excluding tert-OH is 1. The molecule has 7 rings (SSSR count). The van der Waals surface area contributed by atoms with Crippen LogP contribution in [0.15, 0.2) is 84.9 Å². The van der Waals surface area contributed by atoms with Gasteiger partial charge in [0.2, 0.25) is 12.6 Å². The first kappa shape index (κ1) is 53.2. The quantitative estimate of drug-likeness (QED) is 0.0345. The molecule has 1 aromatic heterocycles. The number of aliphatic hydroxyl groups is 1. The third kappa shape index (κ3) is 13.9. The van der Waals surface area contributed by atoms with Crippen molar-refractivity contribution in [1.82, 2.24) is 9.78 Å². The van der Waals surface area contributed by atoms with Crippen LogP contribution in [0.4, 0.5) is 32.0 Å². The fourth-order valence-electron chi connectivity index (χ4n) is 7.57. The fraction of sp³-hybridized carbons (Fsp3) is 0.370. The van der Waals surface area contributed by atoms with Crippen LogP contribution in [0.1, 0.15) is 66.5 Å². The lowest BCUT2D eigenvalue weighted by atomic mass is 9.93. The molecular formula is C46H53ClF6N4O7. The fourth-order valence-corrected chi connectivity index (χ4v) is 7.57. The van der Waals surface area contributed by atoms with E-state index in [0.717, 1.165) is 53.4 Å². The molecular weight excluding hydrogens is 870 g/mol. The second kappa shape index (κ2) is 26.0. The van der Waals surface area contributed by atoms with Gasteiger partial charge in [0, 0.05) is 64.6 Å². The molecule has 5 aromatic rings. The molecule has 4 aromatic carbocycles. The molecule has 64 heavy (non-hydrogen) atoms. The van der Waals surface area contributed by atoms with Crippen molar-refractivity contribution in [2.24, 2.45) is 17.7 Å². The maximum Gasteiger partial charge on any atom is 0.218 e.